The topological polar surface area (TPSA) is 35.2 Å². The van der Waals surface area contributed by atoms with E-state index in [0.717, 1.165) is 6.61 Å². The maximum Gasteiger partial charge on any atom is 0.0716 e. The summed E-state index contributed by atoms with van der Waals surface area (Å²) in [7, 11) is 0. The van der Waals surface area contributed by atoms with Crippen molar-refractivity contribution in [3.63, 3.8) is 0 Å². The van der Waals surface area contributed by atoms with Crippen molar-refractivity contribution in [3.8, 4) is 0 Å². The fourth-order valence-corrected chi connectivity index (χ4v) is 1.67. The molecule has 1 aromatic rings. The van der Waals surface area contributed by atoms with Crippen LogP contribution in [0.5, 0.6) is 0 Å². The van der Waals surface area contributed by atoms with E-state index in [0.29, 0.717) is 13.2 Å². The standard InChI is InChI=1S/C14H23NO/c1-2-3-4-5-9-16-12-14-8-6-7-13(10-14)11-15/h6-8,10H,2-5,9,11-12,15H2,1H3. The molecule has 0 atom stereocenters. The molecule has 0 amide bonds. The van der Waals surface area contributed by atoms with Crippen LogP contribution in [0.1, 0.15) is 43.7 Å². The Bertz CT molecular complexity index is 286. The van der Waals surface area contributed by atoms with Crippen molar-refractivity contribution < 1.29 is 4.74 Å². The second kappa shape index (κ2) is 8.31. The predicted octanol–water partition coefficient (Wildman–Crippen LogP) is 3.24. The predicted molar refractivity (Wildman–Crippen MR) is 68.1 cm³/mol. The Morgan fingerprint density at radius 1 is 1.12 bits per heavy atom. The van der Waals surface area contributed by atoms with Gasteiger partial charge in [-0.05, 0) is 17.5 Å². The Hall–Kier alpha value is -0.860. The molecule has 2 nitrogen and oxygen atoms in total. The molecular formula is C14H23NO. The van der Waals surface area contributed by atoms with E-state index < -0.39 is 0 Å². The van der Waals surface area contributed by atoms with Crippen LogP contribution in [0.25, 0.3) is 0 Å². The summed E-state index contributed by atoms with van der Waals surface area (Å²) in [5.74, 6) is 0. The SMILES string of the molecule is CCCCCCOCc1cccc(CN)c1. The molecule has 0 aliphatic heterocycles. The van der Waals surface area contributed by atoms with Crippen LogP contribution in [0.3, 0.4) is 0 Å². The molecule has 90 valence electrons. The third kappa shape index (κ3) is 5.29. The Balaban J connectivity index is 2.16. The molecule has 0 spiro atoms. The molecule has 0 unspecified atom stereocenters. The number of ether oxygens (including phenoxy) is 1. The van der Waals surface area contributed by atoms with Crippen molar-refractivity contribution in [2.75, 3.05) is 6.61 Å². The highest BCUT2D eigenvalue weighted by Gasteiger charge is 1.95. The van der Waals surface area contributed by atoms with Gasteiger partial charge in [-0.25, -0.2) is 0 Å². The first kappa shape index (κ1) is 13.2. The third-order valence-corrected chi connectivity index (χ3v) is 2.64. The molecule has 1 aromatic carbocycles. The molecule has 0 bridgehead atoms. The first-order valence-electron chi connectivity index (χ1n) is 6.22. The van der Waals surface area contributed by atoms with Gasteiger partial charge in [0.05, 0.1) is 6.61 Å². The second-order valence-electron chi connectivity index (χ2n) is 4.14. The van der Waals surface area contributed by atoms with Crippen LogP contribution in [0, 0.1) is 0 Å². The van der Waals surface area contributed by atoms with Gasteiger partial charge in [-0.15, -0.1) is 0 Å². The van der Waals surface area contributed by atoms with Crippen LogP contribution in [0.15, 0.2) is 24.3 Å². The molecule has 0 aliphatic carbocycles. The number of benzene rings is 1. The molecule has 0 saturated carbocycles. The van der Waals surface area contributed by atoms with E-state index in [-0.39, 0.29) is 0 Å². The van der Waals surface area contributed by atoms with E-state index in [1.54, 1.807) is 0 Å². The average molecular weight is 221 g/mol. The van der Waals surface area contributed by atoms with Crippen molar-refractivity contribution in [1.82, 2.24) is 0 Å². The number of hydrogen-bond donors (Lipinski definition) is 1. The van der Waals surface area contributed by atoms with Crippen LogP contribution in [0.4, 0.5) is 0 Å². The Labute approximate surface area is 98.8 Å². The van der Waals surface area contributed by atoms with Gasteiger partial charge in [-0.1, -0.05) is 50.5 Å². The van der Waals surface area contributed by atoms with Crippen LogP contribution >= 0.6 is 0 Å². The Morgan fingerprint density at radius 3 is 2.69 bits per heavy atom. The summed E-state index contributed by atoms with van der Waals surface area (Å²) in [6, 6.07) is 8.29. The van der Waals surface area contributed by atoms with Crippen LogP contribution in [-0.4, -0.2) is 6.61 Å². The van der Waals surface area contributed by atoms with Gasteiger partial charge in [0.25, 0.3) is 0 Å². The molecule has 0 heterocycles. The largest absolute Gasteiger partial charge is 0.377 e. The lowest BCUT2D eigenvalue weighted by Crippen LogP contribution is -1.99. The molecule has 1 rings (SSSR count). The average Bonchev–Trinajstić information content (AvgIpc) is 2.34. The number of nitrogens with two attached hydrogens (primary N) is 1. The van der Waals surface area contributed by atoms with Gasteiger partial charge in [0.1, 0.15) is 0 Å². The second-order valence-corrected chi connectivity index (χ2v) is 4.14. The molecule has 0 aliphatic rings. The van der Waals surface area contributed by atoms with Gasteiger partial charge in [0, 0.05) is 13.2 Å². The Kier molecular flexibility index (Phi) is 6.86. The van der Waals surface area contributed by atoms with Crippen LogP contribution in [0.2, 0.25) is 0 Å². The summed E-state index contributed by atoms with van der Waals surface area (Å²) in [4.78, 5) is 0. The van der Waals surface area contributed by atoms with Gasteiger partial charge in [0.2, 0.25) is 0 Å². The lowest BCUT2D eigenvalue weighted by Gasteiger charge is -2.05. The lowest BCUT2D eigenvalue weighted by molar-refractivity contribution is 0.117. The van der Waals surface area contributed by atoms with E-state index in [2.05, 4.69) is 19.1 Å². The normalized spacial score (nSPS) is 10.6. The molecule has 0 aromatic heterocycles. The summed E-state index contributed by atoms with van der Waals surface area (Å²) in [6.45, 7) is 4.40. The van der Waals surface area contributed by atoms with E-state index >= 15 is 0 Å². The smallest absolute Gasteiger partial charge is 0.0716 e. The highest BCUT2D eigenvalue weighted by atomic mass is 16.5. The van der Waals surface area contributed by atoms with Crippen LogP contribution in [-0.2, 0) is 17.9 Å². The Morgan fingerprint density at radius 2 is 1.94 bits per heavy atom. The summed E-state index contributed by atoms with van der Waals surface area (Å²) in [5.41, 5.74) is 7.98. The molecule has 2 heteroatoms. The monoisotopic (exact) mass is 221 g/mol. The zero-order valence-electron chi connectivity index (χ0n) is 10.2. The van der Waals surface area contributed by atoms with E-state index in [4.69, 9.17) is 10.5 Å². The first-order chi connectivity index (χ1) is 7.86. The molecule has 16 heavy (non-hydrogen) atoms. The van der Waals surface area contributed by atoms with Crippen LogP contribution < -0.4 is 5.73 Å². The molecule has 0 saturated heterocycles. The van der Waals surface area contributed by atoms with Gasteiger partial charge in [-0.2, -0.15) is 0 Å². The summed E-state index contributed by atoms with van der Waals surface area (Å²) < 4.78 is 5.62. The van der Waals surface area contributed by atoms with Crippen molar-refractivity contribution >= 4 is 0 Å². The minimum Gasteiger partial charge on any atom is -0.377 e. The van der Waals surface area contributed by atoms with Gasteiger partial charge >= 0.3 is 0 Å². The van der Waals surface area contributed by atoms with Gasteiger partial charge in [-0.3, -0.25) is 0 Å². The minimum absolute atomic E-state index is 0.602. The van der Waals surface area contributed by atoms with Crippen molar-refractivity contribution in [2.45, 2.75) is 45.8 Å². The van der Waals surface area contributed by atoms with Crippen molar-refractivity contribution in [3.05, 3.63) is 35.4 Å². The highest BCUT2D eigenvalue weighted by Crippen LogP contribution is 2.07. The quantitative estimate of drug-likeness (QED) is 0.684. The van der Waals surface area contributed by atoms with E-state index in [1.165, 1.54) is 36.8 Å². The van der Waals surface area contributed by atoms with Crippen molar-refractivity contribution in [2.24, 2.45) is 5.73 Å². The molecule has 0 radical (unpaired) electrons. The summed E-state index contributed by atoms with van der Waals surface area (Å²) in [5, 5.41) is 0. The molecule has 2 N–H and O–H groups in total. The summed E-state index contributed by atoms with van der Waals surface area (Å²) in [6.07, 6.45) is 5.04. The molecule has 0 fully saturated rings. The fourth-order valence-electron chi connectivity index (χ4n) is 1.67. The first-order valence-corrected chi connectivity index (χ1v) is 6.22. The maximum absolute atomic E-state index is 5.62. The highest BCUT2D eigenvalue weighted by molar-refractivity contribution is 5.22. The van der Waals surface area contributed by atoms with E-state index in [9.17, 15) is 0 Å². The van der Waals surface area contributed by atoms with Gasteiger partial charge < -0.3 is 10.5 Å². The third-order valence-electron chi connectivity index (χ3n) is 2.64. The molecular weight excluding hydrogens is 198 g/mol. The fraction of sp³-hybridized carbons (Fsp3) is 0.571. The number of rotatable bonds is 8. The zero-order chi connectivity index (χ0) is 11.6. The lowest BCUT2D eigenvalue weighted by atomic mass is 10.1. The summed E-state index contributed by atoms with van der Waals surface area (Å²) >= 11 is 0. The number of unbranched alkanes of at least 4 members (excludes halogenated alkanes) is 3. The maximum atomic E-state index is 5.62. The zero-order valence-corrected chi connectivity index (χ0v) is 10.2. The minimum atomic E-state index is 0.602. The van der Waals surface area contributed by atoms with E-state index in [1.807, 2.05) is 12.1 Å². The number of hydrogen-bond acceptors (Lipinski definition) is 2. The van der Waals surface area contributed by atoms with Crippen molar-refractivity contribution in [1.29, 1.82) is 0 Å². The van der Waals surface area contributed by atoms with Gasteiger partial charge in [0.15, 0.2) is 0 Å².